The Morgan fingerprint density at radius 3 is 2.64 bits per heavy atom. The predicted molar refractivity (Wildman–Crippen MR) is 99.1 cm³/mol. The van der Waals surface area contributed by atoms with Gasteiger partial charge in [0.25, 0.3) is 0 Å². The molecule has 1 unspecified atom stereocenters. The molecule has 2 heterocycles. The minimum Gasteiger partial charge on any atom is -0.368 e. The van der Waals surface area contributed by atoms with E-state index in [-0.39, 0.29) is 0 Å². The van der Waals surface area contributed by atoms with Crippen LogP contribution in [0.3, 0.4) is 0 Å². The molecule has 1 saturated heterocycles. The van der Waals surface area contributed by atoms with Crippen LogP contribution < -0.4 is 9.62 Å². The highest BCUT2D eigenvalue weighted by Crippen LogP contribution is 2.29. The van der Waals surface area contributed by atoms with Crippen molar-refractivity contribution in [2.45, 2.75) is 11.7 Å². The summed E-state index contributed by atoms with van der Waals surface area (Å²) >= 11 is 0. The highest BCUT2D eigenvalue weighted by Gasteiger charge is 2.38. The van der Waals surface area contributed by atoms with Gasteiger partial charge in [0, 0.05) is 18.5 Å². The number of anilines is 2. The average Bonchev–Trinajstić information content (AvgIpc) is 2.94. The molecule has 3 aromatic rings. The fraction of sp³-hybridized carbons (Fsp3) is 0.222. The maximum atomic E-state index is 12.8. The minimum atomic E-state index is -3.38. The van der Waals surface area contributed by atoms with Crippen LogP contribution in [-0.2, 0) is 10.0 Å². The summed E-state index contributed by atoms with van der Waals surface area (Å²) in [5.74, 6) is 0.666. The van der Waals surface area contributed by atoms with Crippen LogP contribution in [0.15, 0.2) is 60.9 Å². The van der Waals surface area contributed by atoms with E-state index in [0.717, 1.165) is 16.6 Å². The number of fused-ring (bicyclic) bond motifs is 1. The lowest BCUT2D eigenvalue weighted by Gasteiger charge is -2.19. The van der Waals surface area contributed by atoms with Crippen LogP contribution in [0.4, 0.5) is 11.5 Å². The lowest BCUT2D eigenvalue weighted by atomic mass is 10.2. The van der Waals surface area contributed by atoms with E-state index in [4.69, 9.17) is 0 Å². The average molecular weight is 354 g/mol. The van der Waals surface area contributed by atoms with Crippen molar-refractivity contribution in [3.63, 3.8) is 0 Å². The predicted octanol–water partition coefficient (Wildman–Crippen LogP) is 2.65. The number of aromatic nitrogens is 2. The number of sulfonamides is 1. The van der Waals surface area contributed by atoms with E-state index in [9.17, 15) is 8.42 Å². The number of hydrogen-bond donors (Lipinski definition) is 1. The van der Waals surface area contributed by atoms with Gasteiger partial charge < -0.3 is 5.32 Å². The minimum absolute atomic E-state index is 0.326. The molecule has 1 N–H and O–H groups in total. The van der Waals surface area contributed by atoms with Crippen molar-refractivity contribution in [2.75, 3.05) is 22.7 Å². The Morgan fingerprint density at radius 1 is 1.04 bits per heavy atom. The summed E-state index contributed by atoms with van der Waals surface area (Å²) in [4.78, 5) is 8.49. The molecular formula is C18H18N4O2S. The number of benzene rings is 2. The molecule has 25 heavy (non-hydrogen) atoms. The van der Waals surface area contributed by atoms with Crippen LogP contribution in [0, 0.1) is 0 Å². The molecule has 1 fully saturated rings. The van der Waals surface area contributed by atoms with Crippen molar-refractivity contribution in [1.82, 2.24) is 9.97 Å². The maximum absolute atomic E-state index is 12.8. The molecule has 128 valence electrons. The largest absolute Gasteiger partial charge is 0.368 e. The first-order chi connectivity index (χ1) is 12.2. The third-order valence-corrected chi connectivity index (χ3v) is 6.72. The quantitative estimate of drug-likeness (QED) is 0.779. The Balaban J connectivity index is 1.54. The summed E-state index contributed by atoms with van der Waals surface area (Å²) in [6, 6.07) is 16.9. The van der Waals surface area contributed by atoms with Gasteiger partial charge in [0.1, 0.15) is 12.1 Å². The molecular weight excluding hydrogens is 336 g/mol. The van der Waals surface area contributed by atoms with Crippen LogP contribution in [0.1, 0.15) is 6.42 Å². The highest BCUT2D eigenvalue weighted by molar-refractivity contribution is 7.93. The van der Waals surface area contributed by atoms with Gasteiger partial charge in [-0.3, -0.25) is 4.31 Å². The first-order valence-corrected chi connectivity index (χ1v) is 9.67. The fourth-order valence-corrected chi connectivity index (χ4v) is 4.98. The Morgan fingerprint density at radius 2 is 1.80 bits per heavy atom. The van der Waals surface area contributed by atoms with E-state index in [1.807, 2.05) is 54.6 Å². The summed E-state index contributed by atoms with van der Waals surface area (Å²) in [6.07, 6.45) is 2.08. The van der Waals surface area contributed by atoms with Gasteiger partial charge in [0.15, 0.2) is 0 Å². The van der Waals surface area contributed by atoms with E-state index in [1.165, 1.54) is 10.6 Å². The topological polar surface area (TPSA) is 75.2 Å². The van der Waals surface area contributed by atoms with Gasteiger partial charge in [-0.15, -0.1) is 0 Å². The molecule has 0 bridgehead atoms. The Kier molecular flexibility index (Phi) is 4.01. The molecule has 0 spiro atoms. The third-order valence-electron chi connectivity index (χ3n) is 4.47. The summed E-state index contributed by atoms with van der Waals surface area (Å²) in [5.41, 5.74) is 1.55. The standard InChI is InChI=1S/C18H18N4O2S/c23-25(24)15(10-11-22(25)14-6-2-1-3-7-14)12-19-18-16-8-4-5-9-17(16)20-13-21-18/h1-9,13,15H,10-12H2,(H,19,20,21). The van der Waals surface area contributed by atoms with Gasteiger partial charge in [-0.1, -0.05) is 30.3 Å². The molecule has 6 nitrogen and oxygen atoms in total. The second-order valence-electron chi connectivity index (χ2n) is 5.98. The van der Waals surface area contributed by atoms with Crippen molar-refractivity contribution < 1.29 is 8.42 Å². The first kappa shape index (κ1) is 15.8. The maximum Gasteiger partial charge on any atom is 0.239 e. The van der Waals surface area contributed by atoms with Crippen LogP contribution in [0.5, 0.6) is 0 Å². The van der Waals surface area contributed by atoms with Gasteiger partial charge in [0.05, 0.1) is 16.5 Å². The van der Waals surface area contributed by atoms with Crippen LogP contribution in [0.25, 0.3) is 10.9 Å². The van der Waals surface area contributed by atoms with Gasteiger partial charge in [0.2, 0.25) is 10.0 Å². The molecule has 1 aliphatic rings. The number of para-hydroxylation sites is 2. The van der Waals surface area contributed by atoms with Crippen molar-refractivity contribution in [3.8, 4) is 0 Å². The van der Waals surface area contributed by atoms with E-state index >= 15 is 0 Å². The zero-order valence-corrected chi connectivity index (χ0v) is 14.4. The Hall–Kier alpha value is -2.67. The monoisotopic (exact) mass is 354 g/mol. The molecule has 0 amide bonds. The Bertz CT molecular complexity index is 987. The Labute approximate surface area is 146 Å². The van der Waals surface area contributed by atoms with E-state index in [0.29, 0.717) is 25.3 Å². The fourth-order valence-electron chi connectivity index (χ4n) is 3.15. The first-order valence-electron chi connectivity index (χ1n) is 8.16. The molecule has 7 heteroatoms. The lowest BCUT2D eigenvalue weighted by Crippen LogP contribution is -2.33. The van der Waals surface area contributed by atoms with Gasteiger partial charge in [-0.25, -0.2) is 18.4 Å². The van der Waals surface area contributed by atoms with Crippen LogP contribution in [-0.4, -0.2) is 36.7 Å². The van der Waals surface area contributed by atoms with Crippen molar-refractivity contribution in [3.05, 3.63) is 60.9 Å². The van der Waals surface area contributed by atoms with Crippen molar-refractivity contribution >= 4 is 32.4 Å². The summed E-state index contributed by atoms with van der Waals surface area (Å²) in [7, 11) is -3.38. The van der Waals surface area contributed by atoms with Gasteiger partial charge in [-0.2, -0.15) is 0 Å². The van der Waals surface area contributed by atoms with Gasteiger partial charge >= 0.3 is 0 Å². The second kappa shape index (κ2) is 6.33. The SMILES string of the molecule is O=S1(=O)C(CNc2ncnc3ccccc23)CCN1c1ccccc1. The highest BCUT2D eigenvalue weighted by atomic mass is 32.2. The number of nitrogens with one attached hydrogen (secondary N) is 1. The van der Waals surface area contributed by atoms with Crippen molar-refractivity contribution in [1.29, 1.82) is 0 Å². The molecule has 0 radical (unpaired) electrons. The summed E-state index contributed by atoms with van der Waals surface area (Å²) in [6.45, 7) is 0.829. The lowest BCUT2D eigenvalue weighted by molar-refractivity contribution is 0.589. The van der Waals surface area contributed by atoms with Gasteiger partial charge in [-0.05, 0) is 30.7 Å². The summed E-state index contributed by atoms with van der Waals surface area (Å²) < 4.78 is 27.2. The molecule has 2 aromatic carbocycles. The second-order valence-corrected chi connectivity index (χ2v) is 8.12. The molecule has 0 aliphatic carbocycles. The third kappa shape index (κ3) is 2.91. The molecule has 0 saturated carbocycles. The number of nitrogens with zero attached hydrogens (tertiary/aromatic N) is 3. The van der Waals surface area contributed by atoms with E-state index in [1.54, 1.807) is 0 Å². The molecule has 1 atom stereocenters. The van der Waals surface area contributed by atoms with E-state index < -0.39 is 15.3 Å². The number of hydrogen-bond acceptors (Lipinski definition) is 5. The van der Waals surface area contributed by atoms with Crippen LogP contribution in [0.2, 0.25) is 0 Å². The normalized spacial score (nSPS) is 19.2. The smallest absolute Gasteiger partial charge is 0.239 e. The molecule has 1 aliphatic heterocycles. The zero-order valence-electron chi connectivity index (χ0n) is 13.5. The zero-order chi connectivity index (χ0) is 17.3. The molecule has 4 rings (SSSR count). The van der Waals surface area contributed by atoms with E-state index in [2.05, 4.69) is 15.3 Å². The van der Waals surface area contributed by atoms with Crippen LogP contribution >= 0.6 is 0 Å². The number of rotatable bonds is 4. The summed E-state index contributed by atoms with van der Waals surface area (Å²) in [5, 5.41) is 3.62. The molecule has 1 aromatic heterocycles. The van der Waals surface area contributed by atoms with Crippen molar-refractivity contribution in [2.24, 2.45) is 0 Å².